The molecule has 2 aliphatic rings. The van der Waals surface area contributed by atoms with Gasteiger partial charge in [0.1, 0.15) is 0 Å². The molecule has 2 saturated carbocycles. The highest BCUT2D eigenvalue weighted by atomic mass is 32.2. The molecule has 1 aromatic carbocycles. The molecule has 27 heavy (non-hydrogen) atoms. The van der Waals surface area contributed by atoms with Gasteiger partial charge in [0, 0.05) is 11.7 Å². The van der Waals surface area contributed by atoms with Crippen molar-refractivity contribution in [3.63, 3.8) is 0 Å². The molecule has 5 nitrogen and oxygen atoms in total. The van der Waals surface area contributed by atoms with Crippen LogP contribution in [0.3, 0.4) is 0 Å². The summed E-state index contributed by atoms with van der Waals surface area (Å²) >= 11 is 1.36. The highest BCUT2D eigenvalue weighted by molar-refractivity contribution is 7.89. The molecule has 7 heteroatoms. The van der Waals surface area contributed by atoms with E-state index in [0.717, 1.165) is 12.3 Å². The van der Waals surface area contributed by atoms with Crippen LogP contribution in [0.1, 0.15) is 42.3 Å². The minimum absolute atomic E-state index is 0.0523. The van der Waals surface area contributed by atoms with Gasteiger partial charge in [-0.2, -0.15) is 0 Å². The molecule has 1 aromatic heterocycles. The summed E-state index contributed by atoms with van der Waals surface area (Å²) in [6.45, 7) is 1.98. The largest absolute Gasteiger partial charge is 0.321 e. The highest BCUT2D eigenvalue weighted by Crippen LogP contribution is 2.49. The maximum Gasteiger partial charge on any atom is 0.265 e. The van der Waals surface area contributed by atoms with E-state index in [-0.39, 0.29) is 16.8 Å². The normalized spacial score (nSPS) is 25.4. The van der Waals surface area contributed by atoms with E-state index in [1.165, 1.54) is 30.6 Å². The van der Waals surface area contributed by atoms with Crippen molar-refractivity contribution < 1.29 is 13.2 Å². The monoisotopic (exact) mass is 404 g/mol. The number of hydrogen-bond acceptors (Lipinski definition) is 4. The smallest absolute Gasteiger partial charge is 0.265 e. The number of sulfonamides is 1. The van der Waals surface area contributed by atoms with E-state index in [0.29, 0.717) is 22.4 Å². The van der Waals surface area contributed by atoms with Crippen LogP contribution in [0.4, 0.5) is 5.69 Å². The number of fused-ring (bicyclic) bond motifs is 2. The molecule has 1 amide bonds. The Morgan fingerprint density at radius 3 is 2.52 bits per heavy atom. The van der Waals surface area contributed by atoms with Crippen LogP contribution in [-0.4, -0.2) is 20.4 Å². The Bertz CT molecular complexity index is 907. The number of carbonyl (C=O) groups is 1. The minimum Gasteiger partial charge on any atom is -0.321 e. The standard InChI is InChI=1S/C20H24N2O3S2/c1-13(18-12-14-4-5-15(18)11-14)22-27(24,25)17-8-6-16(7-9-17)21-20(23)19-3-2-10-26-19/h2-3,6-10,13-15,18,22H,4-5,11-12H2,1H3,(H,21,23)/t13-,14-,15-,18-/m0/s1. The summed E-state index contributed by atoms with van der Waals surface area (Å²) in [6, 6.07) is 9.85. The van der Waals surface area contributed by atoms with Crippen molar-refractivity contribution in [3.8, 4) is 0 Å². The lowest BCUT2D eigenvalue weighted by molar-refractivity contribution is 0.103. The fourth-order valence-corrected chi connectivity index (χ4v) is 6.54. The first-order valence-corrected chi connectivity index (χ1v) is 11.8. The molecule has 0 spiro atoms. The second-order valence-corrected chi connectivity index (χ2v) is 10.4. The zero-order chi connectivity index (χ0) is 19.0. The van der Waals surface area contributed by atoms with E-state index in [1.807, 2.05) is 18.4 Å². The Morgan fingerprint density at radius 2 is 1.93 bits per heavy atom. The quantitative estimate of drug-likeness (QED) is 0.761. The van der Waals surface area contributed by atoms with Crippen LogP contribution in [0, 0.1) is 17.8 Å². The molecule has 2 fully saturated rings. The molecule has 4 rings (SSSR count). The molecule has 1 heterocycles. The van der Waals surface area contributed by atoms with Crippen molar-refractivity contribution in [1.29, 1.82) is 0 Å². The number of hydrogen-bond donors (Lipinski definition) is 2. The van der Waals surface area contributed by atoms with Gasteiger partial charge in [-0.05, 0) is 79.7 Å². The van der Waals surface area contributed by atoms with Gasteiger partial charge in [0.15, 0.2) is 0 Å². The third-order valence-electron chi connectivity index (χ3n) is 5.94. The molecule has 0 radical (unpaired) electrons. The van der Waals surface area contributed by atoms with Crippen molar-refractivity contribution >= 4 is 33.0 Å². The van der Waals surface area contributed by atoms with Crippen molar-refractivity contribution in [1.82, 2.24) is 4.72 Å². The van der Waals surface area contributed by atoms with Gasteiger partial charge in [-0.3, -0.25) is 4.79 Å². The van der Waals surface area contributed by atoms with Gasteiger partial charge in [-0.15, -0.1) is 11.3 Å². The van der Waals surface area contributed by atoms with Crippen LogP contribution in [0.25, 0.3) is 0 Å². The van der Waals surface area contributed by atoms with E-state index >= 15 is 0 Å². The van der Waals surface area contributed by atoms with Crippen LogP contribution in [-0.2, 0) is 10.0 Å². The summed E-state index contributed by atoms with van der Waals surface area (Å²) in [6.07, 6.45) is 4.94. The summed E-state index contributed by atoms with van der Waals surface area (Å²) in [7, 11) is -3.56. The molecule has 2 aromatic rings. The number of carbonyl (C=O) groups excluding carboxylic acids is 1. The van der Waals surface area contributed by atoms with Gasteiger partial charge in [0.2, 0.25) is 10.0 Å². The third kappa shape index (κ3) is 3.95. The Kier molecular flexibility index (Phi) is 5.09. The number of nitrogens with one attached hydrogen (secondary N) is 2. The van der Waals surface area contributed by atoms with E-state index in [4.69, 9.17) is 0 Å². The Hall–Kier alpha value is -1.70. The number of thiophene rings is 1. The van der Waals surface area contributed by atoms with Crippen molar-refractivity contribution in [2.24, 2.45) is 17.8 Å². The van der Waals surface area contributed by atoms with Gasteiger partial charge in [-0.25, -0.2) is 13.1 Å². The van der Waals surface area contributed by atoms with Gasteiger partial charge in [-0.1, -0.05) is 12.5 Å². The molecule has 0 unspecified atom stereocenters. The van der Waals surface area contributed by atoms with Crippen LogP contribution in [0.15, 0.2) is 46.7 Å². The van der Waals surface area contributed by atoms with Crippen LogP contribution < -0.4 is 10.0 Å². The summed E-state index contributed by atoms with van der Waals surface area (Å²) in [5.41, 5.74) is 0.577. The summed E-state index contributed by atoms with van der Waals surface area (Å²) in [5.74, 6) is 1.72. The van der Waals surface area contributed by atoms with Gasteiger partial charge < -0.3 is 5.32 Å². The van der Waals surface area contributed by atoms with Crippen LogP contribution >= 0.6 is 11.3 Å². The SMILES string of the molecule is C[C@H](NS(=O)(=O)c1ccc(NC(=O)c2cccs2)cc1)[C@@H]1C[C@H]2CC[C@H]1C2. The lowest BCUT2D eigenvalue weighted by Gasteiger charge is -2.28. The fourth-order valence-electron chi connectivity index (χ4n) is 4.62. The zero-order valence-corrected chi connectivity index (χ0v) is 16.9. The molecule has 2 aliphatic carbocycles. The molecule has 2 bridgehead atoms. The maximum absolute atomic E-state index is 12.7. The lowest BCUT2D eigenvalue weighted by Crippen LogP contribution is -2.40. The highest BCUT2D eigenvalue weighted by Gasteiger charge is 2.42. The van der Waals surface area contributed by atoms with Gasteiger partial charge in [0.05, 0.1) is 9.77 Å². The average Bonchev–Trinajstić information content (AvgIpc) is 3.39. The van der Waals surface area contributed by atoms with Gasteiger partial charge in [0.25, 0.3) is 5.91 Å². The van der Waals surface area contributed by atoms with E-state index < -0.39 is 10.0 Å². The molecular weight excluding hydrogens is 380 g/mol. The van der Waals surface area contributed by atoms with E-state index in [9.17, 15) is 13.2 Å². The van der Waals surface area contributed by atoms with Gasteiger partial charge >= 0.3 is 0 Å². The van der Waals surface area contributed by atoms with Crippen molar-refractivity contribution in [2.75, 3.05) is 5.32 Å². The first kappa shape index (κ1) is 18.7. The fraction of sp³-hybridized carbons (Fsp3) is 0.450. The third-order valence-corrected chi connectivity index (χ3v) is 8.39. The lowest BCUT2D eigenvalue weighted by atomic mass is 9.84. The topological polar surface area (TPSA) is 75.3 Å². The predicted octanol–water partition coefficient (Wildman–Crippen LogP) is 4.10. The summed E-state index contributed by atoms with van der Waals surface area (Å²) in [5, 5.41) is 4.62. The molecule has 0 aliphatic heterocycles. The number of amides is 1. The molecule has 2 N–H and O–H groups in total. The molecular formula is C20H24N2O3S2. The first-order valence-electron chi connectivity index (χ1n) is 9.39. The first-order chi connectivity index (χ1) is 12.9. The summed E-state index contributed by atoms with van der Waals surface area (Å²) < 4.78 is 28.3. The second kappa shape index (κ2) is 7.37. The average molecular weight is 405 g/mol. The maximum atomic E-state index is 12.7. The Morgan fingerprint density at radius 1 is 1.15 bits per heavy atom. The second-order valence-electron chi connectivity index (χ2n) is 7.70. The molecule has 144 valence electrons. The van der Waals surface area contributed by atoms with Crippen molar-refractivity contribution in [2.45, 2.75) is 43.5 Å². The van der Waals surface area contributed by atoms with E-state index in [1.54, 1.807) is 30.3 Å². The van der Waals surface area contributed by atoms with Crippen LogP contribution in [0.2, 0.25) is 0 Å². The molecule has 0 saturated heterocycles. The zero-order valence-electron chi connectivity index (χ0n) is 15.2. The number of anilines is 1. The molecule has 4 atom stereocenters. The number of benzene rings is 1. The Labute approximate surface area is 164 Å². The van der Waals surface area contributed by atoms with E-state index in [2.05, 4.69) is 10.0 Å². The van der Waals surface area contributed by atoms with Crippen LogP contribution in [0.5, 0.6) is 0 Å². The van der Waals surface area contributed by atoms with Crippen molar-refractivity contribution in [3.05, 3.63) is 46.7 Å². The minimum atomic E-state index is -3.56. The predicted molar refractivity (Wildman–Crippen MR) is 107 cm³/mol. The Balaban J connectivity index is 1.40. The number of rotatable bonds is 6. The summed E-state index contributed by atoms with van der Waals surface area (Å²) in [4.78, 5) is 12.9.